The van der Waals surface area contributed by atoms with Gasteiger partial charge in [-0.15, -0.1) is 0 Å². The number of likely N-dealkylation sites (tertiary alicyclic amines) is 1. The molecule has 0 unspecified atom stereocenters. The van der Waals surface area contributed by atoms with Crippen LogP contribution in [0.15, 0.2) is 65.8 Å². The minimum Gasteiger partial charge on any atom is -0.481 e. The Kier molecular flexibility index (Phi) is 9.30. The van der Waals surface area contributed by atoms with E-state index in [9.17, 15) is 9.59 Å². The van der Waals surface area contributed by atoms with Crippen LogP contribution in [0.3, 0.4) is 0 Å². The topological polar surface area (TPSA) is 183 Å². The standard InChI is InChI=1S/C35H40N10O3/c1-39-22-41-33(38)25-5-3-23(4-6-25)24-11-15-44(16-12-24)30(46)20-43-17-13-35(21-43)14-18-45(34(35)47)28-9-8-27(36)32(42-28)31(37)26-7-10-29(48-2)40-19-26/h3-11,19,22,37H,12-18,20-21,36H2,1-2H3,(H2,38,39,41)/p+2/t35-/m0/s1. The molecular weight excluding hydrogens is 608 g/mol. The number of anilines is 2. The molecule has 48 heavy (non-hydrogen) atoms. The highest BCUT2D eigenvalue weighted by Gasteiger charge is 2.51. The van der Waals surface area contributed by atoms with E-state index in [0.29, 0.717) is 92.3 Å². The number of ether oxygens (including phenoxy) is 1. The summed E-state index contributed by atoms with van der Waals surface area (Å²) < 4.78 is 5.14. The van der Waals surface area contributed by atoms with Gasteiger partial charge in [0, 0.05) is 44.0 Å². The molecule has 0 bridgehead atoms. The number of rotatable bonds is 9. The fraction of sp³-hybridized carbons (Fsp3) is 0.343. The molecule has 5 heterocycles. The number of methoxy groups -OCH3 is 1. The predicted octanol–water partition coefficient (Wildman–Crippen LogP) is -1.15. The van der Waals surface area contributed by atoms with Crippen LogP contribution in [0.2, 0.25) is 0 Å². The van der Waals surface area contributed by atoms with Crippen LogP contribution >= 0.6 is 0 Å². The van der Waals surface area contributed by atoms with Gasteiger partial charge in [0.25, 0.3) is 6.34 Å². The summed E-state index contributed by atoms with van der Waals surface area (Å²) in [5.74, 6) is 1.52. The first kappa shape index (κ1) is 32.5. The van der Waals surface area contributed by atoms with Gasteiger partial charge in [-0.2, -0.15) is 0 Å². The summed E-state index contributed by atoms with van der Waals surface area (Å²) >= 11 is 0. The second kappa shape index (κ2) is 13.7. The smallest absolute Gasteiger partial charge is 0.281 e. The van der Waals surface area contributed by atoms with E-state index in [2.05, 4.69) is 25.9 Å². The van der Waals surface area contributed by atoms with Crippen molar-refractivity contribution < 1.29 is 24.7 Å². The molecule has 2 aromatic heterocycles. The SMILES string of the molecule is C[NH+]=CN=C(N)c1ccc(C2=CCN(C(=O)CN3CC[C@]4(CCN(c5ccc(N)c(C(=[NH2+])c6ccc(OC)nc6)n5)C4=O)C3)CC2)cc1. The molecule has 1 atom stereocenters. The maximum Gasteiger partial charge on any atom is 0.281 e. The number of nitrogens with two attached hydrogens (primary N) is 3. The Balaban J connectivity index is 1.05. The van der Waals surface area contributed by atoms with Crippen LogP contribution in [0.4, 0.5) is 11.5 Å². The molecule has 0 radical (unpaired) electrons. The molecule has 0 saturated carbocycles. The number of aromatic nitrogens is 2. The Bertz CT molecular complexity index is 1800. The summed E-state index contributed by atoms with van der Waals surface area (Å²) in [4.78, 5) is 48.9. The van der Waals surface area contributed by atoms with Gasteiger partial charge in [-0.25, -0.2) is 9.97 Å². The molecule has 2 fully saturated rings. The number of nitrogens with one attached hydrogen (secondary N) is 1. The molecule has 2 saturated heterocycles. The molecule has 2 amide bonds. The monoisotopic (exact) mass is 650 g/mol. The normalized spacial score (nSPS) is 20.2. The number of nitrogens with zero attached hydrogens (tertiary/aromatic N) is 6. The number of benzene rings is 1. The number of hydrogen-bond acceptors (Lipinski definition) is 7. The fourth-order valence-electron chi connectivity index (χ4n) is 6.65. The van der Waals surface area contributed by atoms with Crippen LogP contribution in [0, 0.1) is 5.41 Å². The highest BCUT2D eigenvalue weighted by Crippen LogP contribution is 2.42. The van der Waals surface area contributed by atoms with Crippen molar-refractivity contribution in [2.75, 3.05) is 64.1 Å². The second-order valence-corrected chi connectivity index (χ2v) is 12.4. The van der Waals surface area contributed by atoms with Gasteiger partial charge in [0.1, 0.15) is 5.82 Å². The molecule has 6 rings (SSSR count). The van der Waals surface area contributed by atoms with Crippen LogP contribution in [0.5, 0.6) is 5.88 Å². The summed E-state index contributed by atoms with van der Waals surface area (Å²) in [6.07, 6.45) is 7.44. The molecule has 3 aliphatic heterocycles. The molecule has 13 nitrogen and oxygen atoms in total. The Morgan fingerprint density at radius 3 is 2.56 bits per heavy atom. The summed E-state index contributed by atoms with van der Waals surface area (Å²) in [5, 5.41) is 6.45. The molecule has 1 spiro atoms. The van der Waals surface area contributed by atoms with Crippen LogP contribution in [-0.4, -0.2) is 103 Å². The van der Waals surface area contributed by atoms with Crippen molar-refractivity contribution in [3.63, 3.8) is 0 Å². The Labute approximate surface area is 279 Å². The van der Waals surface area contributed by atoms with Gasteiger partial charge in [-0.1, -0.05) is 18.2 Å². The fourth-order valence-corrected chi connectivity index (χ4v) is 6.65. The third-order valence-electron chi connectivity index (χ3n) is 9.45. The summed E-state index contributed by atoms with van der Waals surface area (Å²) in [5.41, 5.74) is 16.7. The molecule has 0 aliphatic carbocycles. The Morgan fingerprint density at radius 1 is 1.10 bits per heavy atom. The first-order valence-electron chi connectivity index (χ1n) is 16.1. The Morgan fingerprint density at radius 2 is 1.88 bits per heavy atom. The number of amidine groups is 1. The van der Waals surface area contributed by atoms with E-state index in [4.69, 9.17) is 26.6 Å². The highest BCUT2D eigenvalue weighted by molar-refractivity contribution is 6.11. The van der Waals surface area contributed by atoms with Gasteiger partial charge < -0.3 is 21.1 Å². The van der Waals surface area contributed by atoms with Crippen molar-refractivity contribution in [1.82, 2.24) is 19.8 Å². The number of nitrogen functional groups attached to an aromatic ring is 1. The summed E-state index contributed by atoms with van der Waals surface area (Å²) in [6.45, 7) is 3.27. The van der Waals surface area contributed by atoms with Gasteiger partial charge in [-0.3, -0.25) is 29.8 Å². The van der Waals surface area contributed by atoms with Gasteiger partial charge >= 0.3 is 0 Å². The first-order chi connectivity index (χ1) is 23.2. The molecule has 13 heteroatoms. The largest absolute Gasteiger partial charge is 0.481 e. The van der Waals surface area contributed by atoms with Crippen molar-refractivity contribution in [1.29, 1.82) is 0 Å². The van der Waals surface area contributed by atoms with Crippen molar-refractivity contribution in [3.8, 4) is 5.88 Å². The van der Waals surface area contributed by atoms with Gasteiger partial charge in [-0.05, 0) is 72.3 Å². The van der Waals surface area contributed by atoms with Crippen molar-refractivity contribution in [3.05, 3.63) is 83.2 Å². The van der Waals surface area contributed by atoms with Crippen molar-refractivity contribution >= 4 is 46.8 Å². The van der Waals surface area contributed by atoms with Crippen LogP contribution in [-0.2, 0) is 9.59 Å². The van der Waals surface area contributed by atoms with E-state index in [0.717, 1.165) is 17.5 Å². The first-order valence-corrected chi connectivity index (χ1v) is 16.1. The lowest BCUT2D eigenvalue weighted by molar-refractivity contribution is -0.414. The maximum absolute atomic E-state index is 13.9. The minimum absolute atomic E-state index is 0.0233. The Hall–Kier alpha value is -5.43. The summed E-state index contributed by atoms with van der Waals surface area (Å²) in [6, 6.07) is 15.0. The average Bonchev–Trinajstić information content (AvgIpc) is 3.68. The van der Waals surface area contributed by atoms with Gasteiger partial charge in [0.2, 0.25) is 29.2 Å². The number of carbonyl (C=O) groups excluding carboxylic acids is 2. The minimum atomic E-state index is -0.543. The molecule has 3 aromatic rings. The van der Waals surface area contributed by atoms with E-state index in [1.54, 1.807) is 55.9 Å². The lowest BCUT2D eigenvalue weighted by Crippen LogP contribution is -2.62. The molecular formula is C35H42N10O3+2. The van der Waals surface area contributed by atoms with E-state index in [1.807, 2.05) is 29.2 Å². The number of carbonyl (C=O) groups is 2. The number of aliphatic imine (C=N–C) groups is 1. The van der Waals surface area contributed by atoms with Gasteiger partial charge in [0.15, 0.2) is 5.69 Å². The van der Waals surface area contributed by atoms with Crippen molar-refractivity contribution in [2.45, 2.75) is 19.3 Å². The zero-order chi connectivity index (χ0) is 33.8. The molecule has 1 aromatic carbocycles. The van der Waals surface area contributed by atoms with Crippen LogP contribution in [0.25, 0.3) is 5.57 Å². The van der Waals surface area contributed by atoms with Crippen molar-refractivity contribution in [2.24, 2.45) is 16.1 Å². The third kappa shape index (κ3) is 6.54. The van der Waals surface area contributed by atoms with E-state index >= 15 is 0 Å². The maximum atomic E-state index is 13.9. The third-order valence-corrected chi connectivity index (χ3v) is 9.45. The highest BCUT2D eigenvalue weighted by atomic mass is 16.5. The quantitative estimate of drug-likeness (QED) is 0.165. The zero-order valence-corrected chi connectivity index (χ0v) is 27.4. The second-order valence-electron chi connectivity index (χ2n) is 12.4. The lowest BCUT2D eigenvalue weighted by atomic mass is 9.85. The zero-order valence-electron chi connectivity index (χ0n) is 27.4. The molecule has 248 valence electrons. The predicted molar refractivity (Wildman–Crippen MR) is 184 cm³/mol. The lowest BCUT2D eigenvalue weighted by Gasteiger charge is -2.29. The van der Waals surface area contributed by atoms with E-state index in [-0.39, 0.29) is 11.8 Å². The van der Waals surface area contributed by atoms with Gasteiger partial charge in [0.05, 0.1) is 37.4 Å². The summed E-state index contributed by atoms with van der Waals surface area (Å²) in [7, 11) is 3.32. The average molecular weight is 651 g/mol. The van der Waals surface area contributed by atoms with Crippen LogP contribution in [0.1, 0.15) is 41.6 Å². The molecule has 7 N–H and O–H groups in total. The van der Waals surface area contributed by atoms with E-state index < -0.39 is 5.41 Å². The number of pyridine rings is 2. The van der Waals surface area contributed by atoms with Crippen LogP contribution < -0.4 is 31.5 Å². The van der Waals surface area contributed by atoms with E-state index in [1.165, 1.54) is 5.57 Å². The number of amides is 2. The molecule has 3 aliphatic rings. The number of hydrogen-bond donors (Lipinski definition) is 4.